The van der Waals surface area contributed by atoms with E-state index in [4.69, 9.17) is 10.5 Å². The van der Waals surface area contributed by atoms with Gasteiger partial charge in [0, 0.05) is 30.7 Å². The Bertz CT molecular complexity index is 603. The molecule has 19 heavy (non-hydrogen) atoms. The Hall–Kier alpha value is -1.52. The topological polar surface area (TPSA) is 43.4 Å². The number of benzene rings is 1. The molecule has 3 rings (SSSR count). The molecule has 0 fully saturated rings. The molecule has 0 unspecified atom stereocenters. The standard InChI is InChI=1S/C15H21N3O/c1-17-8-9-18-13(10-17)11(6-7-16)12-4-3-5-14(19-2)15(12)18/h3-5H,6-10,16H2,1-2H3. The molecule has 1 aromatic heterocycles. The Morgan fingerprint density at radius 1 is 1.32 bits per heavy atom. The molecule has 102 valence electrons. The Balaban J connectivity index is 2.29. The summed E-state index contributed by atoms with van der Waals surface area (Å²) in [7, 11) is 3.91. The molecule has 2 aromatic rings. The van der Waals surface area contributed by atoms with Crippen LogP contribution in [-0.4, -0.2) is 36.7 Å². The number of likely N-dealkylation sites (N-methyl/N-ethyl adjacent to an activating group) is 1. The van der Waals surface area contributed by atoms with Gasteiger partial charge >= 0.3 is 0 Å². The van der Waals surface area contributed by atoms with Crippen LogP contribution < -0.4 is 10.5 Å². The zero-order chi connectivity index (χ0) is 13.4. The molecule has 0 bridgehead atoms. The third-order valence-corrected chi connectivity index (χ3v) is 4.01. The molecule has 0 amide bonds. The quantitative estimate of drug-likeness (QED) is 0.910. The van der Waals surface area contributed by atoms with Crippen molar-refractivity contribution in [3.8, 4) is 5.75 Å². The van der Waals surface area contributed by atoms with Gasteiger partial charge in [0.2, 0.25) is 0 Å². The summed E-state index contributed by atoms with van der Waals surface area (Å²) in [6.07, 6.45) is 0.930. The van der Waals surface area contributed by atoms with E-state index in [0.29, 0.717) is 6.54 Å². The smallest absolute Gasteiger partial charge is 0.143 e. The molecule has 1 aliphatic rings. The van der Waals surface area contributed by atoms with Gasteiger partial charge in [0.15, 0.2) is 0 Å². The number of hydrogen-bond acceptors (Lipinski definition) is 3. The van der Waals surface area contributed by atoms with Gasteiger partial charge in [-0.1, -0.05) is 12.1 Å². The maximum absolute atomic E-state index is 5.79. The van der Waals surface area contributed by atoms with Crippen molar-refractivity contribution in [2.75, 3.05) is 27.2 Å². The van der Waals surface area contributed by atoms with Crippen LogP contribution in [0.15, 0.2) is 18.2 Å². The zero-order valence-electron chi connectivity index (χ0n) is 11.6. The first-order chi connectivity index (χ1) is 9.26. The van der Waals surface area contributed by atoms with Crippen molar-refractivity contribution in [1.82, 2.24) is 9.47 Å². The van der Waals surface area contributed by atoms with E-state index in [1.807, 2.05) is 6.07 Å². The maximum atomic E-state index is 5.79. The van der Waals surface area contributed by atoms with Crippen molar-refractivity contribution in [2.24, 2.45) is 5.73 Å². The average molecular weight is 259 g/mol. The first-order valence-corrected chi connectivity index (χ1v) is 6.81. The van der Waals surface area contributed by atoms with Crippen molar-refractivity contribution in [1.29, 1.82) is 0 Å². The van der Waals surface area contributed by atoms with Crippen LogP contribution in [0.4, 0.5) is 0 Å². The predicted octanol–water partition coefficient (Wildman–Crippen LogP) is 1.60. The van der Waals surface area contributed by atoms with Crippen LogP contribution >= 0.6 is 0 Å². The highest BCUT2D eigenvalue weighted by atomic mass is 16.5. The molecule has 1 aromatic carbocycles. The first kappa shape index (κ1) is 12.5. The summed E-state index contributed by atoms with van der Waals surface area (Å²) >= 11 is 0. The molecule has 4 heteroatoms. The van der Waals surface area contributed by atoms with E-state index < -0.39 is 0 Å². The second-order valence-electron chi connectivity index (χ2n) is 5.21. The number of fused-ring (bicyclic) bond motifs is 3. The number of hydrogen-bond donors (Lipinski definition) is 1. The zero-order valence-corrected chi connectivity index (χ0v) is 11.6. The maximum Gasteiger partial charge on any atom is 0.143 e. The van der Waals surface area contributed by atoms with Gasteiger partial charge in [-0.25, -0.2) is 0 Å². The fourth-order valence-electron chi connectivity index (χ4n) is 3.12. The van der Waals surface area contributed by atoms with E-state index in [-0.39, 0.29) is 0 Å². The number of nitrogens with zero attached hydrogens (tertiary/aromatic N) is 2. The van der Waals surface area contributed by atoms with Crippen LogP contribution in [0.2, 0.25) is 0 Å². The second-order valence-corrected chi connectivity index (χ2v) is 5.21. The molecule has 0 atom stereocenters. The van der Waals surface area contributed by atoms with Crippen LogP contribution in [0.5, 0.6) is 5.75 Å². The van der Waals surface area contributed by atoms with E-state index in [2.05, 4.69) is 28.6 Å². The van der Waals surface area contributed by atoms with Gasteiger partial charge in [0.1, 0.15) is 5.75 Å². The summed E-state index contributed by atoms with van der Waals surface area (Å²) in [4.78, 5) is 2.36. The molecule has 2 N–H and O–H groups in total. The molecule has 1 aliphatic heterocycles. The largest absolute Gasteiger partial charge is 0.495 e. The van der Waals surface area contributed by atoms with E-state index >= 15 is 0 Å². The molecule has 4 nitrogen and oxygen atoms in total. The van der Waals surface area contributed by atoms with E-state index in [1.165, 1.54) is 22.2 Å². The Kier molecular flexibility index (Phi) is 3.21. The van der Waals surface area contributed by atoms with E-state index in [0.717, 1.165) is 31.8 Å². The Labute approximate surface area is 113 Å². The van der Waals surface area contributed by atoms with Crippen LogP contribution in [-0.2, 0) is 19.5 Å². The highest BCUT2D eigenvalue weighted by Gasteiger charge is 2.23. The summed E-state index contributed by atoms with van der Waals surface area (Å²) in [5.74, 6) is 0.964. The minimum Gasteiger partial charge on any atom is -0.495 e. The second kappa shape index (κ2) is 4.87. The molecule has 0 aliphatic carbocycles. The van der Waals surface area contributed by atoms with Gasteiger partial charge in [-0.15, -0.1) is 0 Å². The Morgan fingerprint density at radius 3 is 2.89 bits per heavy atom. The predicted molar refractivity (Wildman–Crippen MR) is 77.6 cm³/mol. The minimum absolute atomic E-state index is 0.688. The monoisotopic (exact) mass is 259 g/mol. The highest BCUT2D eigenvalue weighted by Crippen LogP contribution is 2.35. The van der Waals surface area contributed by atoms with Gasteiger partial charge in [0.05, 0.1) is 12.6 Å². The number of methoxy groups -OCH3 is 1. The molecular weight excluding hydrogens is 238 g/mol. The third-order valence-electron chi connectivity index (χ3n) is 4.01. The fourth-order valence-corrected chi connectivity index (χ4v) is 3.12. The lowest BCUT2D eigenvalue weighted by Gasteiger charge is -2.26. The lowest BCUT2D eigenvalue weighted by atomic mass is 10.1. The lowest BCUT2D eigenvalue weighted by molar-refractivity contribution is 0.271. The van der Waals surface area contributed by atoms with Crippen LogP contribution in [0.1, 0.15) is 11.3 Å². The number of nitrogens with two attached hydrogens (primary N) is 1. The van der Waals surface area contributed by atoms with Gasteiger partial charge in [0.25, 0.3) is 0 Å². The van der Waals surface area contributed by atoms with Crippen LogP contribution in [0.3, 0.4) is 0 Å². The molecule has 2 heterocycles. The minimum atomic E-state index is 0.688. The lowest BCUT2D eigenvalue weighted by Crippen LogP contribution is -2.30. The molecule has 0 radical (unpaired) electrons. The molecule has 0 spiro atoms. The number of rotatable bonds is 3. The van der Waals surface area contributed by atoms with Crippen molar-refractivity contribution >= 4 is 10.9 Å². The van der Waals surface area contributed by atoms with Gasteiger partial charge in [-0.05, 0) is 31.6 Å². The molecular formula is C15H21N3O. The number of para-hydroxylation sites is 1. The summed E-state index contributed by atoms with van der Waals surface area (Å²) in [5, 5.41) is 1.30. The Morgan fingerprint density at radius 2 is 2.16 bits per heavy atom. The number of aromatic nitrogens is 1. The summed E-state index contributed by atoms with van der Waals surface area (Å²) in [5.41, 5.74) is 9.82. The van der Waals surface area contributed by atoms with Crippen molar-refractivity contribution < 1.29 is 4.74 Å². The van der Waals surface area contributed by atoms with Gasteiger partial charge in [-0.3, -0.25) is 4.90 Å². The van der Waals surface area contributed by atoms with E-state index in [1.54, 1.807) is 7.11 Å². The first-order valence-electron chi connectivity index (χ1n) is 6.81. The van der Waals surface area contributed by atoms with Gasteiger partial charge in [-0.2, -0.15) is 0 Å². The van der Waals surface area contributed by atoms with Crippen molar-refractivity contribution in [3.05, 3.63) is 29.5 Å². The normalized spacial score (nSPS) is 15.7. The number of ether oxygens (including phenoxy) is 1. The molecule has 0 saturated heterocycles. The molecule has 0 saturated carbocycles. The summed E-state index contributed by atoms with van der Waals surface area (Å²) in [6.45, 7) is 3.78. The van der Waals surface area contributed by atoms with E-state index in [9.17, 15) is 0 Å². The highest BCUT2D eigenvalue weighted by molar-refractivity contribution is 5.90. The summed E-state index contributed by atoms with van der Waals surface area (Å²) < 4.78 is 7.96. The summed E-state index contributed by atoms with van der Waals surface area (Å²) in [6, 6.07) is 6.30. The van der Waals surface area contributed by atoms with Crippen LogP contribution in [0, 0.1) is 0 Å². The fraction of sp³-hybridized carbons (Fsp3) is 0.467. The SMILES string of the molecule is COc1cccc2c(CCN)c3n(c12)CCN(C)C3. The van der Waals surface area contributed by atoms with Crippen LogP contribution in [0.25, 0.3) is 10.9 Å². The average Bonchev–Trinajstić information content (AvgIpc) is 2.73. The third kappa shape index (κ3) is 1.91. The van der Waals surface area contributed by atoms with Crippen molar-refractivity contribution in [3.63, 3.8) is 0 Å². The van der Waals surface area contributed by atoms with Gasteiger partial charge < -0.3 is 15.0 Å². The van der Waals surface area contributed by atoms with Crippen molar-refractivity contribution in [2.45, 2.75) is 19.5 Å².